The standard InChI is InChI=1S/C13H17NO4/c1-4-17-9(3)13(12(15)16)14-10-6-5-8(2)7-11(10)18-13/h5-7,9,14H,4H2,1-3H3,(H,15,16). The van der Waals surface area contributed by atoms with E-state index < -0.39 is 17.8 Å². The number of rotatable bonds is 4. The normalized spacial score (nSPS) is 22.8. The maximum absolute atomic E-state index is 11.5. The molecule has 0 radical (unpaired) electrons. The van der Waals surface area contributed by atoms with Gasteiger partial charge in [0.2, 0.25) is 0 Å². The van der Waals surface area contributed by atoms with E-state index >= 15 is 0 Å². The van der Waals surface area contributed by atoms with Crippen LogP contribution < -0.4 is 10.1 Å². The average molecular weight is 251 g/mol. The topological polar surface area (TPSA) is 67.8 Å². The first-order chi connectivity index (χ1) is 8.49. The molecule has 0 amide bonds. The third-order valence-electron chi connectivity index (χ3n) is 3.04. The summed E-state index contributed by atoms with van der Waals surface area (Å²) in [6.07, 6.45) is -0.604. The van der Waals surface area contributed by atoms with Crippen LogP contribution in [0, 0.1) is 6.92 Å². The first kappa shape index (κ1) is 12.7. The molecule has 2 N–H and O–H groups in total. The molecular weight excluding hydrogens is 234 g/mol. The van der Waals surface area contributed by atoms with Crippen molar-refractivity contribution in [1.29, 1.82) is 0 Å². The third kappa shape index (κ3) is 1.90. The van der Waals surface area contributed by atoms with E-state index in [1.54, 1.807) is 6.92 Å². The first-order valence-electron chi connectivity index (χ1n) is 5.92. The fourth-order valence-electron chi connectivity index (χ4n) is 2.04. The summed E-state index contributed by atoms with van der Waals surface area (Å²) in [5.74, 6) is -0.541. The molecule has 1 aromatic carbocycles. The molecule has 98 valence electrons. The number of aliphatic carboxylic acids is 1. The number of carboxylic acid groups (broad SMARTS) is 1. The van der Waals surface area contributed by atoms with Gasteiger partial charge in [0.1, 0.15) is 11.9 Å². The maximum Gasteiger partial charge on any atom is 0.372 e. The number of hydrogen-bond acceptors (Lipinski definition) is 4. The smallest absolute Gasteiger partial charge is 0.372 e. The van der Waals surface area contributed by atoms with E-state index in [-0.39, 0.29) is 0 Å². The molecule has 2 atom stereocenters. The van der Waals surface area contributed by atoms with Gasteiger partial charge in [-0.2, -0.15) is 0 Å². The highest BCUT2D eigenvalue weighted by atomic mass is 16.6. The number of aryl methyl sites for hydroxylation is 1. The molecule has 0 aromatic heterocycles. The number of hydrogen-bond donors (Lipinski definition) is 2. The van der Waals surface area contributed by atoms with Crippen LogP contribution in [-0.4, -0.2) is 29.5 Å². The first-order valence-corrected chi connectivity index (χ1v) is 5.92. The third-order valence-corrected chi connectivity index (χ3v) is 3.04. The largest absolute Gasteiger partial charge is 0.477 e. The summed E-state index contributed by atoms with van der Waals surface area (Å²) in [6, 6.07) is 5.53. The van der Waals surface area contributed by atoms with Gasteiger partial charge in [-0.1, -0.05) is 6.07 Å². The van der Waals surface area contributed by atoms with Gasteiger partial charge in [-0.25, -0.2) is 4.79 Å². The summed E-state index contributed by atoms with van der Waals surface area (Å²) in [5.41, 5.74) is 0.141. The van der Waals surface area contributed by atoms with Gasteiger partial charge in [0.05, 0.1) is 5.69 Å². The van der Waals surface area contributed by atoms with E-state index in [4.69, 9.17) is 9.47 Å². The van der Waals surface area contributed by atoms with Crippen LogP contribution >= 0.6 is 0 Å². The van der Waals surface area contributed by atoms with E-state index in [0.717, 1.165) is 5.56 Å². The van der Waals surface area contributed by atoms with Crippen molar-refractivity contribution in [3.05, 3.63) is 23.8 Å². The van der Waals surface area contributed by atoms with Gasteiger partial charge in [0, 0.05) is 6.61 Å². The molecule has 2 unspecified atom stereocenters. The molecule has 0 saturated carbocycles. The van der Waals surface area contributed by atoms with Crippen LogP contribution in [0.1, 0.15) is 19.4 Å². The molecular formula is C13H17NO4. The Labute approximate surface area is 106 Å². The van der Waals surface area contributed by atoms with Crippen molar-refractivity contribution in [3.8, 4) is 5.75 Å². The molecule has 1 heterocycles. The number of benzene rings is 1. The van der Waals surface area contributed by atoms with E-state index in [9.17, 15) is 9.90 Å². The molecule has 0 bridgehead atoms. The van der Waals surface area contributed by atoms with Gasteiger partial charge in [0.15, 0.2) is 0 Å². The second kappa shape index (κ2) is 4.49. The predicted molar refractivity (Wildman–Crippen MR) is 66.9 cm³/mol. The van der Waals surface area contributed by atoms with E-state index in [1.807, 2.05) is 32.0 Å². The summed E-state index contributed by atoms with van der Waals surface area (Å²) < 4.78 is 11.0. The highest BCUT2D eigenvalue weighted by Crippen LogP contribution is 2.39. The molecule has 5 heteroatoms. The van der Waals surface area contributed by atoms with Crippen molar-refractivity contribution in [2.45, 2.75) is 32.6 Å². The quantitative estimate of drug-likeness (QED) is 0.856. The Morgan fingerprint density at radius 1 is 1.61 bits per heavy atom. The van der Waals surface area contributed by atoms with Crippen LogP contribution in [0.15, 0.2) is 18.2 Å². The molecule has 1 aliphatic rings. The maximum atomic E-state index is 11.5. The van der Waals surface area contributed by atoms with Gasteiger partial charge in [-0.05, 0) is 38.5 Å². The lowest BCUT2D eigenvalue weighted by molar-refractivity contribution is -0.163. The van der Waals surface area contributed by atoms with Crippen molar-refractivity contribution in [1.82, 2.24) is 0 Å². The number of carboxylic acids is 1. The fourth-order valence-corrected chi connectivity index (χ4v) is 2.04. The van der Waals surface area contributed by atoms with Gasteiger partial charge >= 0.3 is 11.7 Å². The summed E-state index contributed by atoms with van der Waals surface area (Å²) in [7, 11) is 0. The Morgan fingerprint density at radius 2 is 2.33 bits per heavy atom. The van der Waals surface area contributed by atoms with Crippen LogP contribution in [0.3, 0.4) is 0 Å². The van der Waals surface area contributed by atoms with Gasteiger partial charge in [-0.3, -0.25) is 0 Å². The monoisotopic (exact) mass is 251 g/mol. The minimum Gasteiger partial charge on any atom is -0.477 e. The molecule has 1 aromatic rings. The minimum absolute atomic E-state index is 0.427. The van der Waals surface area contributed by atoms with Crippen LogP contribution in [0.2, 0.25) is 0 Å². The van der Waals surface area contributed by atoms with Gasteiger partial charge in [0.25, 0.3) is 0 Å². The lowest BCUT2D eigenvalue weighted by Gasteiger charge is -2.30. The predicted octanol–water partition coefficient (Wildman–Crippen LogP) is 2.01. The Bertz CT molecular complexity index is 474. The molecule has 2 rings (SSSR count). The van der Waals surface area contributed by atoms with Gasteiger partial charge in [-0.15, -0.1) is 0 Å². The Hall–Kier alpha value is -1.75. The lowest BCUT2D eigenvalue weighted by atomic mass is 10.1. The van der Waals surface area contributed by atoms with Crippen LogP contribution in [0.4, 0.5) is 5.69 Å². The number of fused-ring (bicyclic) bond motifs is 1. The van der Waals surface area contributed by atoms with Crippen LogP contribution in [-0.2, 0) is 9.53 Å². The number of carbonyl (C=O) groups is 1. The number of nitrogens with one attached hydrogen (secondary N) is 1. The second-order valence-corrected chi connectivity index (χ2v) is 4.37. The van der Waals surface area contributed by atoms with Crippen molar-refractivity contribution in [3.63, 3.8) is 0 Å². The average Bonchev–Trinajstić information content (AvgIpc) is 2.69. The summed E-state index contributed by atoms with van der Waals surface area (Å²) in [4.78, 5) is 11.5. The van der Waals surface area contributed by atoms with Gasteiger partial charge < -0.3 is 19.9 Å². The zero-order valence-electron chi connectivity index (χ0n) is 10.7. The summed E-state index contributed by atoms with van der Waals surface area (Å²) in [6.45, 7) is 5.86. The number of anilines is 1. The molecule has 0 saturated heterocycles. The highest BCUT2D eigenvalue weighted by Gasteiger charge is 2.52. The zero-order valence-corrected chi connectivity index (χ0v) is 10.7. The molecule has 5 nitrogen and oxygen atoms in total. The molecule has 1 aliphatic heterocycles. The van der Waals surface area contributed by atoms with Crippen molar-refractivity contribution in [2.24, 2.45) is 0 Å². The molecule has 18 heavy (non-hydrogen) atoms. The Kier molecular flexibility index (Phi) is 3.17. The summed E-state index contributed by atoms with van der Waals surface area (Å²) in [5, 5.41) is 12.3. The zero-order chi connectivity index (χ0) is 13.3. The molecule has 0 aliphatic carbocycles. The minimum atomic E-state index is -1.55. The van der Waals surface area contributed by atoms with Crippen LogP contribution in [0.25, 0.3) is 0 Å². The number of ether oxygens (including phenoxy) is 2. The van der Waals surface area contributed by atoms with Crippen LogP contribution in [0.5, 0.6) is 5.75 Å². The lowest BCUT2D eigenvalue weighted by Crippen LogP contribution is -2.57. The van der Waals surface area contributed by atoms with E-state index in [1.165, 1.54) is 0 Å². The van der Waals surface area contributed by atoms with Crippen molar-refractivity contribution >= 4 is 11.7 Å². The molecule has 0 spiro atoms. The second-order valence-electron chi connectivity index (χ2n) is 4.37. The SMILES string of the molecule is CCOC(C)C1(C(=O)O)Nc2ccc(C)cc2O1. The summed E-state index contributed by atoms with van der Waals surface area (Å²) >= 11 is 0. The van der Waals surface area contributed by atoms with Crippen molar-refractivity contribution in [2.75, 3.05) is 11.9 Å². The Balaban J connectivity index is 2.35. The highest BCUT2D eigenvalue weighted by molar-refractivity contribution is 5.85. The van der Waals surface area contributed by atoms with E-state index in [2.05, 4.69) is 5.32 Å². The fraction of sp³-hybridized carbons (Fsp3) is 0.462. The molecule has 0 fully saturated rings. The van der Waals surface area contributed by atoms with E-state index in [0.29, 0.717) is 18.0 Å². The van der Waals surface area contributed by atoms with Crippen molar-refractivity contribution < 1.29 is 19.4 Å². The Morgan fingerprint density at radius 3 is 2.94 bits per heavy atom.